The molecular formula is C19H18O4. The maximum absolute atomic E-state index is 12.3. The van der Waals surface area contributed by atoms with Gasteiger partial charge in [-0.25, -0.2) is 0 Å². The van der Waals surface area contributed by atoms with Crippen LogP contribution in [0.2, 0.25) is 0 Å². The molecule has 0 atom stereocenters. The number of carbonyl (C=O) groups is 3. The van der Waals surface area contributed by atoms with Crippen molar-refractivity contribution in [3.63, 3.8) is 0 Å². The van der Waals surface area contributed by atoms with Crippen molar-refractivity contribution in [2.75, 3.05) is 7.11 Å². The molecule has 0 bridgehead atoms. The van der Waals surface area contributed by atoms with E-state index in [9.17, 15) is 14.4 Å². The normalized spacial score (nSPS) is 11.1. The summed E-state index contributed by atoms with van der Waals surface area (Å²) in [6, 6.07) is 14.4. The molecule has 23 heavy (non-hydrogen) atoms. The fourth-order valence-corrected chi connectivity index (χ4v) is 2.06. The van der Waals surface area contributed by atoms with E-state index < -0.39 is 17.2 Å². The summed E-state index contributed by atoms with van der Waals surface area (Å²) in [5, 5.41) is 0. The summed E-state index contributed by atoms with van der Waals surface area (Å²) in [5.41, 5.74) is 0.0927. The van der Waals surface area contributed by atoms with Crippen LogP contribution in [-0.4, -0.2) is 30.1 Å². The van der Waals surface area contributed by atoms with Gasteiger partial charge in [0, 0.05) is 23.8 Å². The second-order valence-corrected chi connectivity index (χ2v) is 5.65. The van der Waals surface area contributed by atoms with Gasteiger partial charge in [-0.05, 0) is 13.8 Å². The minimum absolute atomic E-state index is 0.187. The molecule has 2 aromatic rings. The van der Waals surface area contributed by atoms with Crippen LogP contribution in [-0.2, 0) is 4.74 Å². The zero-order valence-corrected chi connectivity index (χ0v) is 13.3. The predicted octanol–water partition coefficient (Wildman–Crippen LogP) is 3.36. The molecule has 0 aliphatic rings. The Hall–Kier alpha value is -2.59. The number of carbonyl (C=O) groups excluding carboxylic acids is 3. The van der Waals surface area contributed by atoms with Crippen molar-refractivity contribution in [2.24, 2.45) is 0 Å². The lowest BCUT2D eigenvalue weighted by atomic mass is 9.94. The van der Waals surface area contributed by atoms with Gasteiger partial charge in [-0.15, -0.1) is 0 Å². The fraction of sp³-hybridized carbons (Fsp3) is 0.211. The Balaban J connectivity index is 2.21. The molecule has 0 aliphatic heterocycles. The molecule has 0 fully saturated rings. The van der Waals surface area contributed by atoms with Crippen molar-refractivity contribution in [3.05, 3.63) is 71.3 Å². The van der Waals surface area contributed by atoms with Crippen LogP contribution in [0.5, 0.6) is 0 Å². The van der Waals surface area contributed by atoms with Crippen molar-refractivity contribution in [3.8, 4) is 0 Å². The lowest BCUT2D eigenvalue weighted by molar-refractivity contribution is 0.0228. The third-order valence-electron chi connectivity index (χ3n) is 3.71. The van der Waals surface area contributed by atoms with Crippen molar-refractivity contribution in [1.29, 1.82) is 0 Å². The van der Waals surface area contributed by atoms with Gasteiger partial charge in [0.05, 0.1) is 0 Å². The van der Waals surface area contributed by atoms with Gasteiger partial charge in [0.25, 0.3) is 0 Å². The van der Waals surface area contributed by atoms with Crippen LogP contribution in [0.15, 0.2) is 54.6 Å². The average molecular weight is 310 g/mol. The molecule has 0 unspecified atom stereocenters. The van der Waals surface area contributed by atoms with E-state index in [-0.39, 0.29) is 11.3 Å². The van der Waals surface area contributed by atoms with Crippen molar-refractivity contribution in [1.82, 2.24) is 0 Å². The van der Waals surface area contributed by atoms with E-state index >= 15 is 0 Å². The highest BCUT2D eigenvalue weighted by Gasteiger charge is 2.28. The van der Waals surface area contributed by atoms with Crippen LogP contribution >= 0.6 is 0 Å². The van der Waals surface area contributed by atoms with E-state index in [2.05, 4.69) is 0 Å². The molecule has 0 spiro atoms. The number of hydrogen-bond acceptors (Lipinski definition) is 4. The van der Waals surface area contributed by atoms with Crippen LogP contribution in [0.25, 0.3) is 0 Å². The Bertz CT molecular complexity index is 728. The van der Waals surface area contributed by atoms with Gasteiger partial charge in [0.2, 0.25) is 11.6 Å². The number of methoxy groups -OCH3 is 1. The summed E-state index contributed by atoms with van der Waals surface area (Å²) in [6.07, 6.45) is 0. The quantitative estimate of drug-likeness (QED) is 0.606. The first kappa shape index (κ1) is 16.8. The molecule has 2 rings (SSSR count). The summed E-state index contributed by atoms with van der Waals surface area (Å²) in [5.74, 6) is -1.35. The number of rotatable bonds is 6. The third-order valence-corrected chi connectivity index (χ3v) is 3.71. The van der Waals surface area contributed by atoms with E-state index in [4.69, 9.17) is 4.74 Å². The second kappa shape index (κ2) is 6.67. The van der Waals surface area contributed by atoms with Crippen LogP contribution in [0.3, 0.4) is 0 Å². The highest BCUT2D eigenvalue weighted by atomic mass is 16.5. The van der Waals surface area contributed by atoms with Crippen molar-refractivity contribution >= 4 is 17.3 Å². The number of benzene rings is 2. The highest BCUT2D eigenvalue weighted by molar-refractivity contribution is 6.49. The standard InChI is InChI=1S/C19H18O4/c1-19(2,23-3)18(22)15-11-9-14(10-12-15)17(21)16(20)13-7-5-4-6-8-13/h4-12H,1-3H3. The molecule has 0 heterocycles. The van der Waals surface area contributed by atoms with Gasteiger partial charge >= 0.3 is 0 Å². The van der Waals surface area contributed by atoms with Crippen LogP contribution in [0, 0.1) is 0 Å². The smallest absolute Gasteiger partial charge is 0.233 e. The molecule has 0 aliphatic carbocycles. The molecule has 0 amide bonds. The molecule has 118 valence electrons. The van der Waals surface area contributed by atoms with E-state index in [1.54, 1.807) is 44.2 Å². The van der Waals surface area contributed by atoms with Gasteiger partial charge in [-0.2, -0.15) is 0 Å². The lowest BCUT2D eigenvalue weighted by Gasteiger charge is -2.21. The SMILES string of the molecule is COC(C)(C)C(=O)c1ccc(C(=O)C(=O)c2ccccc2)cc1. The fourth-order valence-electron chi connectivity index (χ4n) is 2.06. The predicted molar refractivity (Wildman–Crippen MR) is 87.0 cm³/mol. The first-order valence-corrected chi connectivity index (χ1v) is 7.21. The zero-order chi connectivity index (χ0) is 17.0. The Kier molecular flexibility index (Phi) is 4.86. The van der Waals surface area contributed by atoms with Crippen molar-refractivity contribution in [2.45, 2.75) is 19.4 Å². The molecule has 0 aromatic heterocycles. The topological polar surface area (TPSA) is 60.4 Å². The number of hydrogen-bond donors (Lipinski definition) is 0. The minimum atomic E-state index is -0.939. The summed E-state index contributed by atoms with van der Waals surface area (Å²) in [4.78, 5) is 36.6. The maximum Gasteiger partial charge on any atom is 0.233 e. The van der Waals surface area contributed by atoms with Crippen LogP contribution < -0.4 is 0 Å². The minimum Gasteiger partial charge on any atom is -0.371 e. The molecule has 0 saturated carbocycles. The van der Waals surface area contributed by atoms with Crippen molar-refractivity contribution < 1.29 is 19.1 Å². The van der Waals surface area contributed by atoms with E-state index in [0.29, 0.717) is 11.1 Å². The molecule has 0 N–H and O–H groups in total. The molecule has 4 nitrogen and oxygen atoms in total. The Morgan fingerprint density at radius 1 is 0.739 bits per heavy atom. The largest absolute Gasteiger partial charge is 0.371 e. The number of ether oxygens (including phenoxy) is 1. The van der Waals surface area contributed by atoms with Crippen LogP contribution in [0.1, 0.15) is 44.9 Å². The zero-order valence-electron chi connectivity index (χ0n) is 13.3. The summed E-state index contributed by atoms with van der Waals surface area (Å²) >= 11 is 0. The Morgan fingerprint density at radius 3 is 1.65 bits per heavy atom. The van der Waals surface area contributed by atoms with E-state index in [1.807, 2.05) is 0 Å². The molecule has 2 aromatic carbocycles. The van der Waals surface area contributed by atoms with E-state index in [1.165, 1.54) is 31.4 Å². The van der Waals surface area contributed by atoms with Gasteiger partial charge in [-0.3, -0.25) is 14.4 Å². The molecular weight excluding hydrogens is 292 g/mol. The van der Waals surface area contributed by atoms with Crippen LogP contribution in [0.4, 0.5) is 0 Å². The highest BCUT2D eigenvalue weighted by Crippen LogP contribution is 2.17. The first-order chi connectivity index (χ1) is 10.9. The molecule has 4 heteroatoms. The molecule has 0 saturated heterocycles. The Morgan fingerprint density at radius 2 is 1.17 bits per heavy atom. The maximum atomic E-state index is 12.3. The van der Waals surface area contributed by atoms with E-state index in [0.717, 1.165) is 0 Å². The number of Topliss-reactive ketones (excluding diaryl/α,β-unsaturated/α-hetero) is 3. The summed E-state index contributed by atoms with van der Waals surface area (Å²) in [6.45, 7) is 3.35. The number of ketones is 3. The lowest BCUT2D eigenvalue weighted by Crippen LogP contribution is -2.33. The first-order valence-electron chi connectivity index (χ1n) is 7.21. The van der Waals surface area contributed by atoms with Gasteiger partial charge in [-0.1, -0.05) is 54.6 Å². The average Bonchev–Trinajstić information content (AvgIpc) is 2.60. The summed E-state index contributed by atoms with van der Waals surface area (Å²) < 4.78 is 5.16. The van der Waals surface area contributed by atoms with Gasteiger partial charge < -0.3 is 4.74 Å². The monoisotopic (exact) mass is 310 g/mol. The third kappa shape index (κ3) is 3.60. The van der Waals surface area contributed by atoms with Gasteiger partial charge in [0.1, 0.15) is 5.60 Å². The van der Waals surface area contributed by atoms with Gasteiger partial charge in [0.15, 0.2) is 5.78 Å². The second-order valence-electron chi connectivity index (χ2n) is 5.65. The molecule has 0 radical (unpaired) electrons. The Labute approximate surface area is 135 Å². The summed E-state index contributed by atoms with van der Waals surface area (Å²) in [7, 11) is 1.47.